The molecule has 3 rings (SSSR count). The first-order valence-corrected chi connectivity index (χ1v) is 7.09. The Labute approximate surface area is 110 Å². The van der Waals surface area contributed by atoms with E-state index in [0.29, 0.717) is 6.42 Å². The van der Waals surface area contributed by atoms with E-state index >= 15 is 0 Å². The Morgan fingerprint density at radius 3 is 2.94 bits per heavy atom. The van der Waals surface area contributed by atoms with Crippen molar-refractivity contribution >= 4 is 33.0 Å². The van der Waals surface area contributed by atoms with Gasteiger partial charge in [-0.15, -0.1) is 11.3 Å². The van der Waals surface area contributed by atoms with E-state index in [2.05, 4.69) is 16.8 Å². The van der Waals surface area contributed by atoms with Crippen LogP contribution in [0.25, 0.3) is 10.1 Å². The van der Waals surface area contributed by atoms with Gasteiger partial charge in [-0.05, 0) is 54.3 Å². The van der Waals surface area contributed by atoms with E-state index in [1.54, 1.807) is 11.3 Å². The first-order chi connectivity index (χ1) is 8.65. The van der Waals surface area contributed by atoms with Crippen LogP contribution in [0.1, 0.15) is 25.7 Å². The molecule has 0 aliphatic heterocycles. The molecular weight excluding hydrogens is 244 g/mol. The maximum atomic E-state index is 11.9. The monoisotopic (exact) mass is 260 g/mol. The minimum atomic E-state index is -0.253. The Bertz CT molecular complexity index is 586. The Kier molecular flexibility index (Phi) is 2.84. The number of carbonyl (C=O) groups excluding carboxylic acids is 1. The lowest BCUT2D eigenvalue weighted by molar-refractivity contribution is -0.118. The predicted molar refractivity (Wildman–Crippen MR) is 75.8 cm³/mol. The summed E-state index contributed by atoms with van der Waals surface area (Å²) < 4.78 is 1.24. The number of nitrogens with two attached hydrogens (primary N) is 1. The molecule has 1 aliphatic carbocycles. The number of rotatable bonds is 3. The van der Waals surface area contributed by atoms with Gasteiger partial charge in [0.25, 0.3) is 0 Å². The lowest BCUT2D eigenvalue weighted by Gasteiger charge is -2.37. The summed E-state index contributed by atoms with van der Waals surface area (Å²) in [6.45, 7) is 0. The van der Waals surface area contributed by atoms with Crippen molar-refractivity contribution in [3.8, 4) is 0 Å². The third-order valence-corrected chi connectivity index (χ3v) is 4.50. The average molecular weight is 260 g/mol. The molecule has 1 heterocycles. The molecule has 1 fully saturated rings. The lowest BCUT2D eigenvalue weighted by atomic mass is 9.75. The number of hydrogen-bond acceptors (Lipinski definition) is 3. The van der Waals surface area contributed by atoms with Gasteiger partial charge in [0.1, 0.15) is 0 Å². The van der Waals surface area contributed by atoms with Crippen LogP contribution in [-0.2, 0) is 4.79 Å². The molecule has 18 heavy (non-hydrogen) atoms. The highest BCUT2D eigenvalue weighted by Gasteiger charge is 2.34. The van der Waals surface area contributed by atoms with Gasteiger partial charge in [0.2, 0.25) is 5.91 Å². The fraction of sp³-hybridized carbons (Fsp3) is 0.357. The molecule has 2 aromatic rings. The normalized spacial score (nSPS) is 17.4. The standard InChI is InChI=1S/C14H16N2OS/c15-14(5-1-6-14)9-13(17)16-11-2-3-12-10(8-11)4-7-18-12/h2-4,7-8H,1,5-6,9,15H2,(H,16,17). The Morgan fingerprint density at radius 1 is 1.39 bits per heavy atom. The molecule has 94 valence electrons. The summed E-state index contributed by atoms with van der Waals surface area (Å²) in [5.74, 6) is 0.0202. The zero-order chi connectivity index (χ0) is 12.6. The van der Waals surface area contributed by atoms with Gasteiger partial charge >= 0.3 is 0 Å². The van der Waals surface area contributed by atoms with E-state index in [1.165, 1.54) is 10.1 Å². The fourth-order valence-corrected chi connectivity index (χ4v) is 3.15. The summed E-state index contributed by atoms with van der Waals surface area (Å²) in [4.78, 5) is 11.9. The summed E-state index contributed by atoms with van der Waals surface area (Å²) in [6, 6.07) is 8.05. The van der Waals surface area contributed by atoms with E-state index in [4.69, 9.17) is 5.73 Å². The van der Waals surface area contributed by atoms with Crippen LogP contribution < -0.4 is 11.1 Å². The first-order valence-electron chi connectivity index (χ1n) is 6.21. The maximum Gasteiger partial charge on any atom is 0.226 e. The molecule has 1 amide bonds. The molecule has 0 saturated heterocycles. The van der Waals surface area contributed by atoms with Gasteiger partial charge in [-0.1, -0.05) is 0 Å². The number of thiophene rings is 1. The van der Waals surface area contributed by atoms with Crippen LogP contribution in [-0.4, -0.2) is 11.4 Å². The molecule has 3 N–H and O–H groups in total. The average Bonchev–Trinajstić information content (AvgIpc) is 2.74. The molecule has 1 aromatic carbocycles. The second-order valence-electron chi connectivity index (χ2n) is 5.11. The number of anilines is 1. The summed E-state index contributed by atoms with van der Waals surface area (Å²) in [6.07, 6.45) is 3.49. The van der Waals surface area contributed by atoms with Crippen molar-refractivity contribution in [2.24, 2.45) is 5.73 Å². The van der Waals surface area contributed by atoms with E-state index in [9.17, 15) is 4.79 Å². The smallest absolute Gasteiger partial charge is 0.226 e. The third kappa shape index (κ3) is 2.26. The van der Waals surface area contributed by atoms with Crippen molar-refractivity contribution in [3.05, 3.63) is 29.6 Å². The highest BCUT2D eigenvalue weighted by atomic mass is 32.1. The van der Waals surface area contributed by atoms with Crippen LogP contribution in [0.5, 0.6) is 0 Å². The quantitative estimate of drug-likeness (QED) is 0.891. The van der Waals surface area contributed by atoms with Crippen molar-refractivity contribution in [1.82, 2.24) is 0 Å². The number of carbonyl (C=O) groups is 1. The Balaban J connectivity index is 1.69. The molecule has 4 heteroatoms. The second-order valence-corrected chi connectivity index (χ2v) is 6.06. The molecule has 0 radical (unpaired) electrons. The SMILES string of the molecule is NC1(CC(=O)Nc2ccc3sccc3c2)CCC1. The molecule has 0 spiro atoms. The first kappa shape index (κ1) is 11.7. The lowest BCUT2D eigenvalue weighted by Crippen LogP contribution is -2.48. The van der Waals surface area contributed by atoms with Gasteiger partial charge in [0.15, 0.2) is 0 Å². The minimum absolute atomic E-state index is 0.0202. The van der Waals surface area contributed by atoms with Crippen LogP contribution >= 0.6 is 11.3 Å². The molecule has 0 unspecified atom stereocenters. The highest BCUT2D eigenvalue weighted by molar-refractivity contribution is 7.17. The molecule has 0 bridgehead atoms. The van der Waals surface area contributed by atoms with E-state index in [1.807, 2.05) is 18.2 Å². The third-order valence-electron chi connectivity index (χ3n) is 3.60. The van der Waals surface area contributed by atoms with Crippen LogP contribution in [0.15, 0.2) is 29.6 Å². The van der Waals surface area contributed by atoms with Gasteiger partial charge in [0, 0.05) is 22.3 Å². The number of nitrogens with one attached hydrogen (secondary N) is 1. The number of amides is 1. The Morgan fingerprint density at radius 2 is 2.22 bits per heavy atom. The highest BCUT2D eigenvalue weighted by Crippen LogP contribution is 2.32. The summed E-state index contributed by atoms with van der Waals surface area (Å²) in [5, 5.41) is 6.16. The van der Waals surface area contributed by atoms with E-state index < -0.39 is 0 Å². The van der Waals surface area contributed by atoms with E-state index in [-0.39, 0.29) is 11.4 Å². The van der Waals surface area contributed by atoms with Crippen molar-refractivity contribution in [2.75, 3.05) is 5.32 Å². The fourth-order valence-electron chi connectivity index (χ4n) is 2.38. The molecule has 1 aromatic heterocycles. The number of hydrogen-bond donors (Lipinski definition) is 2. The van der Waals surface area contributed by atoms with Gasteiger partial charge in [0.05, 0.1) is 0 Å². The Hall–Kier alpha value is -1.39. The van der Waals surface area contributed by atoms with Crippen molar-refractivity contribution in [1.29, 1.82) is 0 Å². The largest absolute Gasteiger partial charge is 0.326 e. The van der Waals surface area contributed by atoms with Crippen molar-refractivity contribution in [2.45, 2.75) is 31.2 Å². The van der Waals surface area contributed by atoms with Gasteiger partial charge < -0.3 is 11.1 Å². The van der Waals surface area contributed by atoms with Gasteiger partial charge in [-0.25, -0.2) is 0 Å². The van der Waals surface area contributed by atoms with E-state index in [0.717, 1.165) is 24.9 Å². The van der Waals surface area contributed by atoms with Gasteiger partial charge in [-0.2, -0.15) is 0 Å². The molecule has 0 atom stereocenters. The zero-order valence-electron chi connectivity index (χ0n) is 10.1. The van der Waals surface area contributed by atoms with Crippen molar-refractivity contribution < 1.29 is 4.79 Å². The number of fused-ring (bicyclic) bond motifs is 1. The topological polar surface area (TPSA) is 55.1 Å². The predicted octanol–water partition coefficient (Wildman–Crippen LogP) is 3.11. The minimum Gasteiger partial charge on any atom is -0.326 e. The molecule has 1 aliphatic rings. The van der Waals surface area contributed by atoms with Crippen LogP contribution in [0.3, 0.4) is 0 Å². The zero-order valence-corrected chi connectivity index (χ0v) is 10.9. The number of benzene rings is 1. The van der Waals surface area contributed by atoms with Crippen LogP contribution in [0, 0.1) is 0 Å². The molecular formula is C14H16N2OS. The van der Waals surface area contributed by atoms with Crippen LogP contribution in [0.2, 0.25) is 0 Å². The second kappa shape index (κ2) is 4.37. The molecule has 3 nitrogen and oxygen atoms in total. The summed E-state index contributed by atoms with van der Waals surface area (Å²) >= 11 is 1.70. The summed E-state index contributed by atoms with van der Waals surface area (Å²) in [7, 11) is 0. The van der Waals surface area contributed by atoms with Crippen molar-refractivity contribution in [3.63, 3.8) is 0 Å². The molecule has 1 saturated carbocycles. The summed E-state index contributed by atoms with van der Waals surface area (Å²) in [5.41, 5.74) is 6.67. The van der Waals surface area contributed by atoms with Gasteiger partial charge in [-0.3, -0.25) is 4.79 Å². The maximum absolute atomic E-state index is 11.9. The van der Waals surface area contributed by atoms with Crippen LogP contribution in [0.4, 0.5) is 5.69 Å².